The van der Waals surface area contributed by atoms with E-state index in [-0.39, 0.29) is 16.6 Å². The lowest BCUT2D eigenvalue weighted by Crippen LogP contribution is -2.60. The fraction of sp³-hybridized carbons (Fsp3) is 1.00. The second-order valence-corrected chi connectivity index (χ2v) is 7.95. The number of rotatable bonds is 4. The first kappa shape index (κ1) is 16.2. The van der Waals surface area contributed by atoms with Gasteiger partial charge in [-0.3, -0.25) is 4.90 Å². The van der Waals surface area contributed by atoms with Gasteiger partial charge < -0.3 is 14.8 Å². The second kappa shape index (κ2) is 5.91. The number of nitrogens with one attached hydrogen (secondary N) is 1. The van der Waals surface area contributed by atoms with E-state index in [0.717, 1.165) is 39.4 Å². The molecule has 0 saturated carbocycles. The number of morpholine rings is 1. The minimum Gasteiger partial charge on any atom is -0.381 e. The Bertz CT molecular complexity index is 301. The van der Waals surface area contributed by atoms with E-state index in [4.69, 9.17) is 9.47 Å². The van der Waals surface area contributed by atoms with Crippen molar-refractivity contribution in [3.63, 3.8) is 0 Å². The zero-order valence-corrected chi connectivity index (χ0v) is 13.9. The molecule has 2 heterocycles. The van der Waals surface area contributed by atoms with Crippen molar-refractivity contribution < 1.29 is 9.47 Å². The first-order chi connectivity index (χ1) is 9.26. The summed E-state index contributed by atoms with van der Waals surface area (Å²) >= 11 is 0. The van der Waals surface area contributed by atoms with Gasteiger partial charge in [0.05, 0.1) is 17.8 Å². The molecule has 0 aliphatic carbocycles. The van der Waals surface area contributed by atoms with Gasteiger partial charge in [0.15, 0.2) is 0 Å². The third-order valence-corrected chi connectivity index (χ3v) is 4.28. The Balaban J connectivity index is 2.05. The van der Waals surface area contributed by atoms with Crippen molar-refractivity contribution >= 4 is 0 Å². The van der Waals surface area contributed by atoms with Gasteiger partial charge in [-0.25, -0.2) is 0 Å². The van der Waals surface area contributed by atoms with Gasteiger partial charge in [-0.1, -0.05) is 0 Å². The Hall–Kier alpha value is -0.160. The molecule has 2 rings (SSSR count). The van der Waals surface area contributed by atoms with Crippen molar-refractivity contribution in [2.75, 3.05) is 46.4 Å². The molecule has 0 amide bonds. The minimum absolute atomic E-state index is 0.0713. The van der Waals surface area contributed by atoms with Crippen LogP contribution in [-0.4, -0.2) is 62.5 Å². The molecule has 2 saturated heterocycles. The van der Waals surface area contributed by atoms with E-state index in [1.807, 2.05) is 7.05 Å². The van der Waals surface area contributed by atoms with Crippen molar-refractivity contribution in [1.82, 2.24) is 10.2 Å². The van der Waals surface area contributed by atoms with Crippen molar-refractivity contribution in [2.45, 2.75) is 51.7 Å². The monoisotopic (exact) mass is 284 g/mol. The van der Waals surface area contributed by atoms with Crippen molar-refractivity contribution in [2.24, 2.45) is 5.41 Å². The summed E-state index contributed by atoms with van der Waals surface area (Å²) < 4.78 is 12.0. The minimum atomic E-state index is -0.0713. The third kappa shape index (κ3) is 4.17. The first-order valence-corrected chi connectivity index (χ1v) is 7.91. The van der Waals surface area contributed by atoms with Crippen molar-refractivity contribution in [3.05, 3.63) is 0 Å². The Kier molecular flexibility index (Phi) is 4.80. The molecular formula is C16H32N2O2. The summed E-state index contributed by atoms with van der Waals surface area (Å²) in [6.07, 6.45) is 2.44. The maximum atomic E-state index is 6.18. The molecular weight excluding hydrogens is 252 g/mol. The van der Waals surface area contributed by atoms with E-state index in [0.29, 0.717) is 0 Å². The summed E-state index contributed by atoms with van der Waals surface area (Å²) in [6.45, 7) is 14.7. The lowest BCUT2D eigenvalue weighted by atomic mass is 9.81. The number of hydrogen-bond donors (Lipinski definition) is 1. The Morgan fingerprint density at radius 1 is 1.10 bits per heavy atom. The Labute approximate surface area is 124 Å². The normalized spacial score (nSPS) is 34.0. The van der Waals surface area contributed by atoms with Crippen LogP contribution < -0.4 is 5.32 Å². The molecule has 2 aliphatic rings. The highest BCUT2D eigenvalue weighted by molar-refractivity contribution is 4.94. The molecule has 0 spiro atoms. The van der Waals surface area contributed by atoms with E-state index < -0.39 is 0 Å². The summed E-state index contributed by atoms with van der Waals surface area (Å²) in [5.41, 5.74) is 0.118. The van der Waals surface area contributed by atoms with Gasteiger partial charge >= 0.3 is 0 Å². The highest BCUT2D eigenvalue weighted by Gasteiger charge is 2.42. The molecule has 0 bridgehead atoms. The fourth-order valence-corrected chi connectivity index (χ4v) is 4.14. The summed E-state index contributed by atoms with van der Waals surface area (Å²) in [4.78, 5) is 2.58. The van der Waals surface area contributed by atoms with Crippen LogP contribution in [0.3, 0.4) is 0 Å². The van der Waals surface area contributed by atoms with Crippen molar-refractivity contribution in [3.8, 4) is 0 Å². The van der Waals surface area contributed by atoms with E-state index in [9.17, 15) is 0 Å². The summed E-state index contributed by atoms with van der Waals surface area (Å²) in [5.74, 6) is 0. The van der Waals surface area contributed by atoms with Gasteiger partial charge in [-0.15, -0.1) is 0 Å². The summed E-state index contributed by atoms with van der Waals surface area (Å²) in [7, 11) is 2.05. The molecule has 0 aromatic carbocycles. The Morgan fingerprint density at radius 3 is 2.25 bits per heavy atom. The smallest absolute Gasteiger partial charge is 0.0760 e. The van der Waals surface area contributed by atoms with Gasteiger partial charge in [0.1, 0.15) is 0 Å². The molecule has 1 atom stereocenters. The zero-order valence-electron chi connectivity index (χ0n) is 13.9. The topological polar surface area (TPSA) is 33.7 Å². The summed E-state index contributed by atoms with van der Waals surface area (Å²) in [6, 6.07) is 0. The van der Waals surface area contributed by atoms with Crippen LogP contribution in [0.4, 0.5) is 0 Å². The van der Waals surface area contributed by atoms with Crippen molar-refractivity contribution in [1.29, 1.82) is 0 Å². The average molecular weight is 284 g/mol. The molecule has 118 valence electrons. The molecule has 1 unspecified atom stereocenters. The van der Waals surface area contributed by atoms with E-state index in [2.05, 4.69) is 37.9 Å². The van der Waals surface area contributed by atoms with Crippen LogP contribution in [-0.2, 0) is 9.47 Å². The lowest BCUT2D eigenvalue weighted by molar-refractivity contribution is -0.188. The lowest BCUT2D eigenvalue weighted by Gasteiger charge is -2.50. The molecule has 0 radical (unpaired) electrons. The molecule has 2 fully saturated rings. The molecule has 2 aliphatic heterocycles. The average Bonchev–Trinajstić information content (AvgIpc) is 2.25. The zero-order chi connectivity index (χ0) is 14.9. The van der Waals surface area contributed by atoms with Crippen LogP contribution in [0, 0.1) is 5.41 Å². The molecule has 20 heavy (non-hydrogen) atoms. The molecule has 0 aromatic rings. The van der Waals surface area contributed by atoms with E-state index in [1.165, 1.54) is 12.8 Å². The first-order valence-electron chi connectivity index (χ1n) is 7.91. The van der Waals surface area contributed by atoms with Gasteiger partial charge in [-0.05, 0) is 47.6 Å². The SMILES string of the molecule is CNCC1(CN2CC(C)(C)OC(C)(C)C2)CCCOC1. The van der Waals surface area contributed by atoms with E-state index in [1.54, 1.807) is 0 Å². The Morgan fingerprint density at radius 2 is 1.75 bits per heavy atom. The van der Waals surface area contributed by atoms with Gasteiger partial charge in [0.25, 0.3) is 0 Å². The van der Waals surface area contributed by atoms with Crippen LogP contribution in [0.5, 0.6) is 0 Å². The summed E-state index contributed by atoms with van der Waals surface area (Å²) in [5, 5.41) is 3.37. The predicted molar refractivity (Wildman–Crippen MR) is 82.1 cm³/mol. The second-order valence-electron chi connectivity index (χ2n) is 7.95. The maximum absolute atomic E-state index is 6.18. The largest absolute Gasteiger partial charge is 0.381 e. The maximum Gasteiger partial charge on any atom is 0.0760 e. The highest BCUT2D eigenvalue weighted by atomic mass is 16.5. The van der Waals surface area contributed by atoms with Crippen LogP contribution in [0.15, 0.2) is 0 Å². The standard InChI is InChI=1S/C16H32N2O2/c1-14(2)10-18(11-15(3,4)20-14)12-16(9-17-5)7-6-8-19-13-16/h17H,6-13H2,1-5H3. The predicted octanol–water partition coefficient (Wildman–Crippen LogP) is 1.89. The molecule has 0 aromatic heterocycles. The van der Waals surface area contributed by atoms with Crippen LogP contribution in [0.1, 0.15) is 40.5 Å². The molecule has 4 nitrogen and oxygen atoms in total. The third-order valence-electron chi connectivity index (χ3n) is 4.28. The molecule has 4 heteroatoms. The van der Waals surface area contributed by atoms with Crippen LogP contribution in [0.25, 0.3) is 0 Å². The van der Waals surface area contributed by atoms with E-state index >= 15 is 0 Å². The fourth-order valence-electron chi connectivity index (χ4n) is 4.14. The van der Waals surface area contributed by atoms with Gasteiger partial charge in [0.2, 0.25) is 0 Å². The van der Waals surface area contributed by atoms with Crippen LogP contribution in [0.2, 0.25) is 0 Å². The number of ether oxygens (including phenoxy) is 2. The number of nitrogens with zero attached hydrogens (tertiary/aromatic N) is 1. The molecule has 1 N–H and O–H groups in total. The van der Waals surface area contributed by atoms with Gasteiger partial charge in [-0.2, -0.15) is 0 Å². The number of hydrogen-bond acceptors (Lipinski definition) is 4. The van der Waals surface area contributed by atoms with Gasteiger partial charge in [0, 0.05) is 38.2 Å². The highest BCUT2D eigenvalue weighted by Crippen LogP contribution is 2.34. The quantitative estimate of drug-likeness (QED) is 0.855. The van der Waals surface area contributed by atoms with Crippen LogP contribution >= 0.6 is 0 Å².